The molecule has 3 aromatic rings. The molecule has 1 aliphatic heterocycles. The van der Waals surface area contributed by atoms with Crippen molar-refractivity contribution in [1.29, 1.82) is 0 Å². The molecule has 0 aromatic heterocycles. The molecular formula is C28H35Cl3N2. The molecule has 0 N–H and O–H groups in total. The first-order valence-corrected chi connectivity index (χ1v) is 12.0. The number of aryl methyl sites for hydroxylation is 1. The minimum Gasteiger partial charge on any atom is -0.297 e. The van der Waals surface area contributed by atoms with Crippen molar-refractivity contribution in [2.24, 2.45) is 0 Å². The molecule has 5 heteroatoms. The number of hydrogen-bond donors (Lipinski definition) is 0. The van der Waals surface area contributed by atoms with Gasteiger partial charge in [0.2, 0.25) is 0 Å². The smallest absolute Gasteiger partial charge is 0.0602 e. The fourth-order valence-corrected chi connectivity index (χ4v) is 4.65. The highest BCUT2D eigenvalue weighted by atomic mass is 35.5. The number of benzene rings is 3. The van der Waals surface area contributed by atoms with Gasteiger partial charge in [-0.2, -0.15) is 0 Å². The van der Waals surface area contributed by atoms with Gasteiger partial charge in [-0.25, -0.2) is 0 Å². The van der Waals surface area contributed by atoms with Crippen molar-refractivity contribution < 1.29 is 0 Å². The molecule has 1 heterocycles. The Morgan fingerprint density at radius 3 is 1.91 bits per heavy atom. The summed E-state index contributed by atoms with van der Waals surface area (Å²) >= 11 is 6.16. The van der Waals surface area contributed by atoms with Gasteiger partial charge in [-0.3, -0.25) is 9.80 Å². The Balaban J connectivity index is 0.00000193. The van der Waals surface area contributed by atoms with Crippen LogP contribution in [0, 0.1) is 0 Å². The molecule has 178 valence electrons. The Bertz CT molecular complexity index is 922. The first-order valence-electron chi connectivity index (χ1n) is 11.6. The SMILES string of the molecule is CCCCc1ccc(CN2CCN(C(c3ccccc3)c3ccc(Cl)cc3)CC2)cc1.Cl.Cl. The average molecular weight is 506 g/mol. The molecule has 1 fully saturated rings. The maximum absolute atomic E-state index is 6.16. The normalized spacial score (nSPS) is 15.3. The predicted molar refractivity (Wildman–Crippen MR) is 146 cm³/mol. The Morgan fingerprint density at radius 2 is 1.30 bits per heavy atom. The summed E-state index contributed by atoms with van der Waals surface area (Å²) in [6.07, 6.45) is 3.73. The Labute approximate surface area is 216 Å². The summed E-state index contributed by atoms with van der Waals surface area (Å²) in [7, 11) is 0. The van der Waals surface area contributed by atoms with Crippen molar-refractivity contribution in [2.45, 2.75) is 38.8 Å². The van der Waals surface area contributed by atoms with E-state index in [1.807, 2.05) is 12.1 Å². The minimum atomic E-state index is 0. The number of rotatable bonds is 8. The molecular weight excluding hydrogens is 471 g/mol. The van der Waals surface area contributed by atoms with E-state index < -0.39 is 0 Å². The van der Waals surface area contributed by atoms with E-state index in [1.165, 1.54) is 41.5 Å². The minimum absolute atomic E-state index is 0. The van der Waals surface area contributed by atoms with Gasteiger partial charge in [0, 0.05) is 37.7 Å². The molecule has 1 unspecified atom stereocenters. The van der Waals surface area contributed by atoms with E-state index in [1.54, 1.807) is 0 Å². The number of nitrogens with zero attached hydrogens (tertiary/aromatic N) is 2. The summed E-state index contributed by atoms with van der Waals surface area (Å²) in [6.45, 7) is 7.61. The van der Waals surface area contributed by atoms with Crippen LogP contribution in [0.25, 0.3) is 0 Å². The standard InChI is InChI=1S/C28H33ClN2.2ClH/c1-2-3-7-23-10-12-24(13-11-23)22-30-18-20-31(21-19-30)28(25-8-5-4-6-9-25)26-14-16-27(29)17-15-26;;/h4-6,8-17,28H,2-3,7,18-22H2,1H3;2*1H. The maximum atomic E-state index is 6.16. The lowest BCUT2D eigenvalue weighted by Crippen LogP contribution is -2.47. The summed E-state index contributed by atoms with van der Waals surface area (Å²) in [4.78, 5) is 5.20. The topological polar surface area (TPSA) is 6.48 Å². The fraction of sp³-hybridized carbons (Fsp3) is 0.357. The zero-order valence-electron chi connectivity index (χ0n) is 19.3. The van der Waals surface area contributed by atoms with Crippen molar-refractivity contribution in [3.05, 3.63) is 106 Å². The second-order valence-corrected chi connectivity index (χ2v) is 9.03. The number of hydrogen-bond acceptors (Lipinski definition) is 2. The third-order valence-electron chi connectivity index (χ3n) is 6.32. The lowest BCUT2D eigenvalue weighted by Gasteiger charge is -2.40. The van der Waals surface area contributed by atoms with Crippen LogP contribution in [0.4, 0.5) is 0 Å². The van der Waals surface area contributed by atoms with Crippen LogP contribution < -0.4 is 0 Å². The summed E-state index contributed by atoms with van der Waals surface area (Å²) in [5, 5.41) is 0.793. The molecule has 0 radical (unpaired) electrons. The molecule has 0 spiro atoms. The number of piperazine rings is 1. The molecule has 1 atom stereocenters. The molecule has 0 saturated carbocycles. The Kier molecular flexibility index (Phi) is 11.7. The molecule has 3 aromatic carbocycles. The predicted octanol–water partition coefficient (Wildman–Crippen LogP) is 7.43. The number of halogens is 3. The van der Waals surface area contributed by atoms with Crippen LogP contribution in [0.15, 0.2) is 78.9 Å². The van der Waals surface area contributed by atoms with Gasteiger partial charge in [0.15, 0.2) is 0 Å². The van der Waals surface area contributed by atoms with E-state index in [-0.39, 0.29) is 30.9 Å². The quantitative estimate of drug-likeness (QED) is 0.314. The molecule has 33 heavy (non-hydrogen) atoms. The van der Waals surface area contributed by atoms with Crippen molar-refractivity contribution in [3.63, 3.8) is 0 Å². The first-order chi connectivity index (χ1) is 15.2. The third kappa shape index (κ3) is 7.73. The maximum Gasteiger partial charge on any atom is 0.0602 e. The Morgan fingerprint density at radius 1 is 0.727 bits per heavy atom. The van der Waals surface area contributed by atoms with Gasteiger partial charge in [-0.1, -0.05) is 91.7 Å². The van der Waals surface area contributed by atoms with Crippen LogP contribution in [0.2, 0.25) is 5.02 Å². The molecule has 0 amide bonds. The van der Waals surface area contributed by atoms with E-state index in [2.05, 4.69) is 83.5 Å². The van der Waals surface area contributed by atoms with Crippen molar-refractivity contribution >= 4 is 36.4 Å². The average Bonchev–Trinajstić information content (AvgIpc) is 2.82. The van der Waals surface area contributed by atoms with Crippen LogP contribution >= 0.6 is 36.4 Å². The van der Waals surface area contributed by atoms with Crippen LogP contribution in [0.1, 0.15) is 48.1 Å². The lowest BCUT2D eigenvalue weighted by atomic mass is 9.96. The van der Waals surface area contributed by atoms with Gasteiger partial charge >= 0.3 is 0 Å². The van der Waals surface area contributed by atoms with E-state index in [9.17, 15) is 0 Å². The van der Waals surface area contributed by atoms with Gasteiger partial charge in [0.1, 0.15) is 0 Å². The van der Waals surface area contributed by atoms with Gasteiger partial charge in [0.05, 0.1) is 6.04 Å². The van der Waals surface area contributed by atoms with Gasteiger partial charge in [-0.15, -0.1) is 24.8 Å². The summed E-state index contributed by atoms with van der Waals surface area (Å²) < 4.78 is 0. The number of unbranched alkanes of at least 4 members (excludes halogenated alkanes) is 1. The summed E-state index contributed by atoms with van der Waals surface area (Å²) in [5.74, 6) is 0. The highest BCUT2D eigenvalue weighted by Gasteiger charge is 2.26. The first kappa shape index (κ1) is 27.7. The van der Waals surface area contributed by atoms with Crippen molar-refractivity contribution in [1.82, 2.24) is 9.80 Å². The zero-order chi connectivity index (χ0) is 21.5. The van der Waals surface area contributed by atoms with Crippen LogP contribution in [0.3, 0.4) is 0 Å². The highest BCUT2D eigenvalue weighted by Crippen LogP contribution is 2.30. The molecule has 0 bridgehead atoms. The van der Waals surface area contributed by atoms with Gasteiger partial charge in [-0.05, 0) is 47.2 Å². The van der Waals surface area contributed by atoms with Crippen molar-refractivity contribution in [3.8, 4) is 0 Å². The molecule has 2 nitrogen and oxygen atoms in total. The molecule has 0 aliphatic carbocycles. The monoisotopic (exact) mass is 504 g/mol. The second kappa shape index (κ2) is 14.0. The summed E-state index contributed by atoms with van der Waals surface area (Å²) in [5.41, 5.74) is 5.54. The van der Waals surface area contributed by atoms with E-state index >= 15 is 0 Å². The Hall–Kier alpha value is -1.55. The lowest BCUT2D eigenvalue weighted by molar-refractivity contribution is 0.105. The van der Waals surface area contributed by atoms with Crippen LogP contribution in [-0.4, -0.2) is 36.0 Å². The molecule has 1 saturated heterocycles. The van der Waals surface area contributed by atoms with E-state index in [0.717, 1.165) is 37.7 Å². The van der Waals surface area contributed by atoms with E-state index in [0.29, 0.717) is 0 Å². The molecule has 4 rings (SSSR count). The van der Waals surface area contributed by atoms with Gasteiger partial charge < -0.3 is 0 Å². The fourth-order valence-electron chi connectivity index (χ4n) is 4.52. The summed E-state index contributed by atoms with van der Waals surface area (Å²) in [6, 6.07) is 28.7. The van der Waals surface area contributed by atoms with Gasteiger partial charge in [0.25, 0.3) is 0 Å². The van der Waals surface area contributed by atoms with Crippen molar-refractivity contribution in [2.75, 3.05) is 26.2 Å². The third-order valence-corrected chi connectivity index (χ3v) is 6.57. The molecule has 1 aliphatic rings. The van der Waals surface area contributed by atoms with Crippen LogP contribution in [0.5, 0.6) is 0 Å². The largest absolute Gasteiger partial charge is 0.297 e. The second-order valence-electron chi connectivity index (χ2n) is 8.60. The zero-order valence-corrected chi connectivity index (χ0v) is 21.7. The van der Waals surface area contributed by atoms with Crippen LogP contribution in [-0.2, 0) is 13.0 Å². The van der Waals surface area contributed by atoms with E-state index in [4.69, 9.17) is 11.6 Å². The highest BCUT2D eigenvalue weighted by molar-refractivity contribution is 6.30.